The van der Waals surface area contributed by atoms with Gasteiger partial charge in [0.05, 0.1) is 12.0 Å². The molecule has 1 aromatic heterocycles. The third-order valence-corrected chi connectivity index (χ3v) is 4.19. The summed E-state index contributed by atoms with van der Waals surface area (Å²) in [6.07, 6.45) is 2.84. The molecule has 0 unspecified atom stereocenters. The smallest absolute Gasteiger partial charge is 0.232 e. The molecule has 0 atom stereocenters. The molecule has 2 N–H and O–H groups in total. The van der Waals surface area contributed by atoms with Crippen molar-refractivity contribution in [3.63, 3.8) is 0 Å². The van der Waals surface area contributed by atoms with Crippen molar-refractivity contribution in [2.75, 3.05) is 19.0 Å². The van der Waals surface area contributed by atoms with E-state index in [0.29, 0.717) is 12.4 Å². The fourth-order valence-electron chi connectivity index (χ4n) is 2.79. The Morgan fingerprint density at radius 1 is 1.45 bits per heavy atom. The van der Waals surface area contributed by atoms with Crippen molar-refractivity contribution in [1.82, 2.24) is 15.2 Å². The number of nitrogens with one attached hydrogen (secondary N) is 2. The fourth-order valence-corrected chi connectivity index (χ4v) is 2.79. The Hall–Kier alpha value is -2.21. The van der Waals surface area contributed by atoms with Crippen LogP contribution in [0.25, 0.3) is 11.4 Å². The van der Waals surface area contributed by atoms with Gasteiger partial charge in [-0.25, -0.2) is 4.98 Å². The average molecular weight is 300 g/mol. The lowest BCUT2D eigenvalue weighted by Gasteiger charge is -2.39. The number of hydrogen-bond donors (Lipinski definition) is 2. The molecule has 1 heterocycles. The Labute approximate surface area is 129 Å². The topological polar surface area (TPSA) is 79.9 Å². The molecular formula is C16H20N4O2. The Morgan fingerprint density at radius 3 is 2.86 bits per heavy atom. The standard InChI is InChI=1S/C16H20N4O2/c1-11-17-14(20-19-11)12-5-3-6-13(9-12)18-15(21)16(10-22-2)7-4-8-16/h3,5-6,9H,4,7-8,10H2,1-2H3,(H,18,21)(H,17,19,20). The molecule has 1 amide bonds. The van der Waals surface area contributed by atoms with Crippen molar-refractivity contribution >= 4 is 11.6 Å². The molecule has 6 nitrogen and oxygen atoms in total. The van der Waals surface area contributed by atoms with Crippen LogP contribution in [0.2, 0.25) is 0 Å². The maximum atomic E-state index is 12.5. The quantitative estimate of drug-likeness (QED) is 0.889. The number of aryl methyl sites for hydroxylation is 1. The molecular weight excluding hydrogens is 280 g/mol. The van der Waals surface area contributed by atoms with E-state index in [1.54, 1.807) is 7.11 Å². The monoisotopic (exact) mass is 300 g/mol. The van der Waals surface area contributed by atoms with Crippen LogP contribution in [-0.4, -0.2) is 34.8 Å². The summed E-state index contributed by atoms with van der Waals surface area (Å²) in [6, 6.07) is 7.58. The first kappa shape index (κ1) is 14.7. The summed E-state index contributed by atoms with van der Waals surface area (Å²) >= 11 is 0. The molecule has 6 heteroatoms. The maximum absolute atomic E-state index is 12.5. The summed E-state index contributed by atoms with van der Waals surface area (Å²) in [7, 11) is 1.64. The maximum Gasteiger partial charge on any atom is 0.232 e. The lowest BCUT2D eigenvalue weighted by atomic mass is 9.68. The van der Waals surface area contributed by atoms with Gasteiger partial charge in [0, 0.05) is 18.4 Å². The number of aromatic nitrogens is 3. The third kappa shape index (κ3) is 2.74. The van der Waals surface area contributed by atoms with E-state index in [-0.39, 0.29) is 11.3 Å². The first-order valence-corrected chi connectivity index (χ1v) is 7.43. The van der Waals surface area contributed by atoms with Gasteiger partial charge in [0.1, 0.15) is 5.82 Å². The SMILES string of the molecule is COCC1(C(=O)Nc2cccc(-c3n[nH]c(C)n3)c2)CCC1. The van der Waals surface area contributed by atoms with Crippen LogP contribution < -0.4 is 5.32 Å². The normalized spacial score (nSPS) is 16.1. The van der Waals surface area contributed by atoms with Crippen molar-refractivity contribution in [3.8, 4) is 11.4 Å². The van der Waals surface area contributed by atoms with Gasteiger partial charge in [0.25, 0.3) is 0 Å². The minimum Gasteiger partial charge on any atom is -0.384 e. The van der Waals surface area contributed by atoms with Crippen LogP contribution in [0.15, 0.2) is 24.3 Å². The molecule has 22 heavy (non-hydrogen) atoms. The number of anilines is 1. The third-order valence-electron chi connectivity index (χ3n) is 4.19. The summed E-state index contributed by atoms with van der Waals surface area (Å²) in [6.45, 7) is 2.33. The molecule has 0 saturated heterocycles. The molecule has 0 spiro atoms. The Bertz CT molecular complexity index is 676. The highest BCUT2D eigenvalue weighted by Crippen LogP contribution is 2.42. The van der Waals surface area contributed by atoms with Crippen molar-refractivity contribution in [1.29, 1.82) is 0 Å². The van der Waals surface area contributed by atoms with Gasteiger partial charge in [-0.05, 0) is 31.9 Å². The van der Waals surface area contributed by atoms with Gasteiger partial charge >= 0.3 is 0 Å². The van der Waals surface area contributed by atoms with E-state index in [4.69, 9.17) is 4.74 Å². The number of nitrogens with zero attached hydrogens (tertiary/aromatic N) is 2. The zero-order valence-electron chi connectivity index (χ0n) is 12.8. The fraction of sp³-hybridized carbons (Fsp3) is 0.438. The summed E-state index contributed by atoms with van der Waals surface area (Å²) in [5.41, 5.74) is 1.26. The van der Waals surface area contributed by atoms with E-state index in [9.17, 15) is 4.79 Å². The predicted octanol–water partition coefficient (Wildman–Crippen LogP) is 2.54. The lowest BCUT2D eigenvalue weighted by Crippen LogP contribution is -2.45. The van der Waals surface area contributed by atoms with Gasteiger partial charge < -0.3 is 10.1 Å². The molecule has 116 valence electrons. The van der Waals surface area contributed by atoms with Crippen LogP contribution in [0.4, 0.5) is 5.69 Å². The highest BCUT2D eigenvalue weighted by molar-refractivity contribution is 5.96. The van der Waals surface area contributed by atoms with E-state index < -0.39 is 0 Å². The minimum atomic E-state index is -0.369. The Morgan fingerprint density at radius 2 is 2.27 bits per heavy atom. The van der Waals surface area contributed by atoms with Crippen LogP contribution in [0.5, 0.6) is 0 Å². The van der Waals surface area contributed by atoms with Gasteiger partial charge in [-0.15, -0.1) is 0 Å². The number of benzene rings is 1. The van der Waals surface area contributed by atoms with E-state index in [1.165, 1.54) is 0 Å². The van der Waals surface area contributed by atoms with Crippen LogP contribution >= 0.6 is 0 Å². The van der Waals surface area contributed by atoms with Gasteiger partial charge in [-0.1, -0.05) is 18.6 Å². The summed E-state index contributed by atoms with van der Waals surface area (Å²) in [5.74, 6) is 1.42. The lowest BCUT2D eigenvalue weighted by molar-refractivity contribution is -0.134. The number of ether oxygens (including phenoxy) is 1. The summed E-state index contributed by atoms with van der Waals surface area (Å²) < 4.78 is 5.22. The Kier molecular flexibility index (Phi) is 3.94. The molecule has 1 fully saturated rings. The molecule has 1 aromatic carbocycles. The van der Waals surface area contributed by atoms with Gasteiger partial charge in [0.15, 0.2) is 5.82 Å². The predicted molar refractivity (Wildman–Crippen MR) is 83.3 cm³/mol. The van der Waals surface area contributed by atoms with Gasteiger partial charge in [-0.2, -0.15) is 5.10 Å². The van der Waals surface area contributed by atoms with E-state index >= 15 is 0 Å². The second-order valence-electron chi connectivity index (χ2n) is 5.85. The van der Waals surface area contributed by atoms with Crippen LogP contribution in [0.3, 0.4) is 0 Å². The number of methoxy groups -OCH3 is 1. The molecule has 3 rings (SSSR count). The zero-order valence-corrected chi connectivity index (χ0v) is 12.8. The number of rotatable bonds is 5. The van der Waals surface area contributed by atoms with Crippen molar-refractivity contribution < 1.29 is 9.53 Å². The van der Waals surface area contributed by atoms with Crippen molar-refractivity contribution in [2.24, 2.45) is 5.41 Å². The zero-order chi connectivity index (χ0) is 15.6. The highest BCUT2D eigenvalue weighted by Gasteiger charge is 2.44. The molecule has 2 aromatic rings. The first-order chi connectivity index (χ1) is 10.6. The number of hydrogen-bond acceptors (Lipinski definition) is 4. The molecule has 1 saturated carbocycles. The molecule has 1 aliphatic carbocycles. The van der Waals surface area contributed by atoms with Crippen LogP contribution in [-0.2, 0) is 9.53 Å². The van der Waals surface area contributed by atoms with E-state index in [0.717, 1.165) is 36.3 Å². The number of aromatic amines is 1. The number of carbonyl (C=O) groups excluding carboxylic acids is 1. The van der Waals surface area contributed by atoms with Crippen molar-refractivity contribution in [3.05, 3.63) is 30.1 Å². The highest BCUT2D eigenvalue weighted by atomic mass is 16.5. The van der Waals surface area contributed by atoms with E-state index in [1.807, 2.05) is 31.2 Å². The number of carbonyl (C=O) groups is 1. The second-order valence-corrected chi connectivity index (χ2v) is 5.85. The molecule has 0 bridgehead atoms. The van der Waals surface area contributed by atoms with Crippen LogP contribution in [0.1, 0.15) is 25.1 Å². The minimum absolute atomic E-state index is 0.0314. The second kappa shape index (κ2) is 5.88. The summed E-state index contributed by atoms with van der Waals surface area (Å²) in [5, 5.41) is 9.97. The Balaban J connectivity index is 1.77. The molecule has 0 radical (unpaired) electrons. The summed E-state index contributed by atoms with van der Waals surface area (Å²) in [4.78, 5) is 16.8. The number of H-pyrrole nitrogens is 1. The van der Waals surface area contributed by atoms with E-state index in [2.05, 4.69) is 20.5 Å². The molecule has 1 aliphatic rings. The van der Waals surface area contributed by atoms with Gasteiger partial charge in [-0.3, -0.25) is 9.89 Å². The van der Waals surface area contributed by atoms with Crippen LogP contribution in [0, 0.1) is 12.3 Å². The largest absolute Gasteiger partial charge is 0.384 e. The first-order valence-electron chi connectivity index (χ1n) is 7.43. The van der Waals surface area contributed by atoms with Gasteiger partial charge in [0.2, 0.25) is 5.91 Å². The molecule has 0 aliphatic heterocycles. The van der Waals surface area contributed by atoms with Crippen molar-refractivity contribution in [2.45, 2.75) is 26.2 Å². The average Bonchev–Trinajstić information content (AvgIpc) is 2.89. The number of amides is 1.